The zero-order valence-electron chi connectivity index (χ0n) is 14.2. The van der Waals surface area contributed by atoms with Gasteiger partial charge >= 0.3 is 6.18 Å². The van der Waals surface area contributed by atoms with E-state index in [1.807, 2.05) is 6.92 Å². The average molecular weight is 354 g/mol. The molecule has 25 heavy (non-hydrogen) atoms. The van der Waals surface area contributed by atoms with E-state index in [2.05, 4.69) is 22.6 Å². The van der Waals surface area contributed by atoms with Gasteiger partial charge in [0.05, 0.1) is 17.4 Å². The fourth-order valence-corrected chi connectivity index (χ4v) is 2.47. The highest BCUT2D eigenvalue weighted by Crippen LogP contribution is 2.33. The average Bonchev–Trinajstić information content (AvgIpc) is 3.04. The first kappa shape index (κ1) is 19.0. The lowest BCUT2D eigenvalue weighted by molar-refractivity contribution is -0.137. The van der Waals surface area contributed by atoms with Crippen molar-refractivity contribution in [3.63, 3.8) is 0 Å². The number of nitrogens with one attached hydrogen (secondary N) is 1. The summed E-state index contributed by atoms with van der Waals surface area (Å²) < 4.78 is 40.2. The Morgan fingerprint density at radius 1 is 1.28 bits per heavy atom. The molecule has 0 saturated carbocycles. The van der Waals surface area contributed by atoms with E-state index in [4.69, 9.17) is 0 Å². The van der Waals surface area contributed by atoms with Gasteiger partial charge in [0.1, 0.15) is 0 Å². The minimum atomic E-state index is -4.52. The Hall–Kier alpha value is -2.38. The van der Waals surface area contributed by atoms with E-state index >= 15 is 0 Å². The van der Waals surface area contributed by atoms with Crippen LogP contribution in [0.2, 0.25) is 0 Å². The van der Waals surface area contributed by atoms with Gasteiger partial charge in [0, 0.05) is 6.04 Å². The van der Waals surface area contributed by atoms with E-state index in [-0.39, 0.29) is 17.4 Å². The molecule has 5 nitrogen and oxygen atoms in total. The maximum atomic E-state index is 13.1. The molecule has 0 spiro atoms. The molecule has 1 aromatic carbocycles. The molecule has 1 N–H and O–H groups in total. The number of rotatable bonds is 7. The van der Waals surface area contributed by atoms with Crippen LogP contribution in [0.4, 0.5) is 13.2 Å². The number of carbonyl (C=O) groups excluding carboxylic acids is 1. The number of benzene rings is 1. The second-order valence-electron chi connectivity index (χ2n) is 5.93. The summed E-state index contributed by atoms with van der Waals surface area (Å²) in [6, 6.07) is 4.99. The lowest BCUT2D eigenvalue weighted by Crippen LogP contribution is -2.32. The highest BCUT2D eigenvalue weighted by molar-refractivity contribution is 5.92. The van der Waals surface area contributed by atoms with Crippen LogP contribution in [0.5, 0.6) is 0 Å². The Labute approximate surface area is 144 Å². The van der Waals surface area contributed by atoms with Crippen molar-refractivity contribution >= 4 is 5.91 Å². The summed E-state index contributed by atoms with van der Waals surface area (Å²) in [6.07, 6.45) is 0.712. The number of carbonyl (C=O) groups is 1. The lowest BCUT2D eigenvalue weighted by Gasteiger charge is -2.12. The molecule has 1 unspecified atom stereocenters. The van der Waals surface area contributed by atoms with Crippen molar-refractivity contribution in [1.82, 2.24) is 20.3 Å². The van der Waals surface area contributed by atoms with Crippen molar-refractivity contribution in [2.75, 3.05) is 0 Å². The van der Waals surface area contributed by atoms with Crippen molar-refractivity contribution in [3.8, 4) is 5.69 Å². The SMILES string of the molecule is CCCCCC(C)NC(=O)c1cn(-c2ccccc2C(F)(F)F)nn1. The van der Waals surface area contributed by atoms with Crippen LogP contribution >= 0.6 is 0 Å². The first-order valence-electron chi connectivity index (χ1n) is 8.22. The minimum absolute atomic E-state index is 0.0145. The minimum Gasteiger partial charge on any atom is -0.348 e. The first-order chi connectivity index (χ1) is 11.8. The van der Waals surface area contributed by atoms with Crippen LogP contribution in [0.3, 0.4) is 0 Å². The number of amides is 1. The van der Waals surface area contributed by atoms with Gasteiger partial charge in [-0.3, -0.25) is 4.79 Å². The molecular formula is C17H21F3N4O. The molecule has 136 valence electrons. The van der Waals surface area contributed by atoms with Gasteiger partial charge in [0.15, 0.2) is 5.69 Å². The van der Waals surface area contributed by atoms with E-state index in [0.717, 1.165) is 36.4 Å². The molecule has 0 aliphatic rings. The van der Waals surface area contributed by atoms with Crippen LogP contribution in [-0.4, -0.2) is 26.9 Å². The standard InChI is InChI=1S/C17H21F3N4O/c1-3-4-5-8-12(2)21-16(25)14-11-24(23-22-14)15-10-7-6-9-13(15)17(18,19)20/h6-7,9-12H,3-5,8H2,1-2H3,(H,21,25). The fourth-order valence-electron chi connectivity index (χ4n) is 2.47. The van der Waals surface area contributed by atoms with E-state index in [9.17, 15) is 18.0 Å². The molecule has 0 aliphatic carbocycles. The molecule has 0 bridgehead atoms. The zero-order valence-corrected chi connectivity index (χ0v) is 14.2. The molecule has 0 saturated heterocycles. The Morgan fingerprint density at radius 3 is 2.68 bits per heavy atom. The molecular weight excluding hydrogens is 333 g/mol. The highest BCUT2D eigenvalue weighted by atomic mass is 19.4. The monoisotopic (exact) mass is 354 g/mol. The van der Waals surface area contributed by atoms with Gasteiger partial charge in [-0.05, 0) is 25.5 Å². The van der Waals surface area contributed by atoms with Crippen LogP contribution in [0.15, 0.2) is 30.5 Å². The van der Waals surface area contributed by atoms with Gasteiger partial charge < -0.3 is 5.32 Å². The smallest absolute Gasteiger partial charge is 0.348 e. The molecule has 2 aromatic rings. The summed E-state index contributed by atoms with van der Waals surface area (Å²) in [5.41, 5.74) is -1.02. The number of nitrogens with zero attached hydrogens (tertiary/aromatic N) is 3. The van der Waals surface area contributed by atoms with Crippen LogP contribution in [0.1, 0.15) is 55.6 Å². The molecule has 0 aliphatic heterocycles. The lowest BCUT2D eigenvalue weighted by atomic mass is 10.1. The van der Waals surface area contributed by atoms with Gasteiger partial charge in [0.25, 0.3) is 5.91 Å². The maximum absolute atomic E-state index is 13.1. The Kier molecular flexibility index (Phi) is 6.17. The topological polar surface area (TPSA) is 59.8 Å². The molecule has 1 atom stereocenters. The predicted molar refractivity (Wildman–Crippen MR) is 87.4 cm³/mol. The second kappa shape index (κ2) is 8.13. The van der Waals surface area contributed by atoms with Crippen LogP contribution in [0, 0.1) is 0 Å². The Bertz CT molecular complexity index is 712. The largest absolute Gasteiger partial charge is 0.418 e. The molecule has 1 heterocycles. The van der Waals surface area contributed by atoms with Crippen LogP contribution in [-0.2, 0) is 6.18 Å². The second-order valence-corrected chi connectivity index (χ2v) is 5.93. The van der Waals surface area contributed by atoms with Gasteiger partial charge in [-0.25, -0.2) is 4.68 Å². The number of unbranched alkanes of at least 4 members (excludes halogenated alkanes) is 2. The van der Waals surface area contributed by atoms with E-state index in [1.165, 1.54) is 24.4 Å². The van der Waals surface area contributed by atoms with Crippen LogP contribution < -0.4 is 5.32 Å². The normalized spacial score (nSPS) is 12.8. The summed E-state index contributed by atoms with van der Waals surface area (Å²) in [4.78, 5) is 12.2. The molecule has 1 amide bonds. The number of hydrogen-bond acceptors (Lipinski definition) is 3. The first-order valence-corrected chi connectivity index (χ1v) is 8.22. The molecule has 1 aromatic heterocycles. The summed E-state index contributed by atoms with van der Waals surface area (Å²) in [6.45, 7) is 3.98. The molecule has 0 fully saturated rings. The van der Waals surface area contributed by atoms with Gasteiger partial charge in [0.2, 0.25) is 0 Å². The predicted octanol–water partition coefficient (Wildman–Crippen LogP) is 3.98. The van der Waals surface area contributed by atoms with Crippen molar-refractivity contribution in [3.05, 3.63) is 41.7 Å². The number of halogens is 3. The number of alkyl halides is 3. The quantitative estimate of drug-likeness (QED) is 0.765. The van der Waals surface area contributed by atoms with Gasteiger partial charge in [-0.1, -0.05) is 43.5 Å². The van der Waals surface area contributed by atoms with E-state index in [0.29, 0.717) is 0 Å². The fraction of sp³-hybridized carbons (Fsp3) is 0.471. The summed E-state index contributed by atoms with van der Waals surface area (Å²) in [5.74, 6) is -0.445. The van der Waals surface area contributed by atoms with Crippen LogP contribution in [0.25, 0.3) is 5.69 Å². The number of para-hydroxylation sites is 1. The van der Waals surface area contributed by atoms with Crippen molar-refractivity contribution in [2.45, 2.75) is 51.7 Å². The molecule has 8 heteroatoms. The Balaban J connectivity index is 2.12. The van der Waals surface area contributed by atoms with Gasteiger partial charge in [-0.2, -0.15) is 13.2 Å². The van der Waals surface area contributed by atoms with Crippen molar-refractivity contribution in [2.24, 2.45) is 0 Å². The summed E-state index contributed by atoms with van der Waals surface area (Å²) >= 11 is 0. The molecule has 2 rings (SSSR count). The Morgan fingerprint density at radius 2 is 2.00 bits per heavy atom. The van der Waals surface area contributed by atoms with Crippen molar-refractivity contribution < 1.29 is 18.0 Å². The third-order valence-corrected chi connectivity index (χ3v) is 3.80. The summed E-state index contributed by atoms with van der Waals surface area (Å²) in [7, 11) is 0. The number of hydrogen-bond donors (Lipinski definition) is 1. The van der Waals surface area contributed by atoms with E-state index < -0.39 is 17.6 Å². The molecule has 0 radical (unpaired) electrons. The zero-order chi connectivity index (χ0) is 18.4. The third-order valence-electron chi connectivity index (χ3n) is 3.80. The summed E-state index contributed by atoms with van der Waals surface area (Å²) in [5, 5.41) is 10.2. The van der Waals surface area contributed by atoms with E-state index in [1.54, 1.807) is 0 Å². The highest BCUT2D eigenvalue weighted by Gasteiger charge is 2.34. The number of aromatic nitrogens is 3. The maximum Gasteiger partial charge on any atom is 0.418 e. The third kappa shape index (κ3) is 5.04. The van der Waals surface area contributed by atoms with Crippen molar-refractivity contribution in [1.29, 1.82) is 0 Å². The van der Waals surface area contributed by atoms with Gasteiger partial charge in [-0.15, -0.1) is 5.10 Å².